The van der Waals surface area contributed by atoms with E-state index in [4.69, 9.17) is 9.51 Å². The Kier molecular flexibility index (Phi) is 4.41. The van der Waals surface area contributed by atoms with Crippen LogP contribution in [0.1, 0.15) is 5.69 Å². The van der Waals surface area contributed by atoms with Crippen molar-refractivity contribution in [3.8, 4) is 11.3 Å². The Labute approximate surface area is 171 Å². The van der Waals surface area contributed by atoms with E-state index in [0.717, 1.165) is 27.8 Å². The van der Waals surface area contributed by atoms with Gasteiger partial charge >= 0.3 is 0 Å². The number of hydrogen-bond acceptors (Lipinski definition) is 5. The molecule has 0 aliphatic rings. The van der Waals surface area contributed by atoms with Crippen molar-refractivity contribution in [1.29, 1.82) is 0 Å². The molecule has 0 unspecified atom stereocenters. The normalized spacial score (nSPS) is 11.3. The van der Waals surface area contributed by atoms with Gasteiger partial charge in [-0.25, -0.2) is 4.98 Å². The van der Waals surface area contributed by atoms with Crippen LogP contribution in [-0.4, -0.2) is 14.7 Å². The lowest BCUT2D eigenvalue weighted by molar-refractivity contribution is 0.426. The standard InChI is InChI=1S/C23H17N3O2S/c1-26-22(27)19-11-16-9-5-6-10-17(16)12-20(19)24-23(26)29-14-18-13-21(28-25-18)15-7-3-2-4-8-15/h2-13H,14H2,1H3. The van der Waals surface area contributed by atoms with Gasteiger partial charge in [-0.1, -0.05) is 71.5 Å². The zero-order valence-corrected chi connectivity index (χ0v) is 16.5. The summed E-state index contributed by atoms with van der Waals surface area (Å²) in [5, 5.41) is 7.54. The van der Waals surface area contributed by atoms with Crippen LogP contribution >= 0.6 is 11.8 Å². The van der Waals surface area contributed by atoms with Crippen molar-refractivity contribution in [3.05, 3.63) is 88.8 Å². The Morgan fingerprint density at radius 1 is 0.966 bits per heavy atom. The van der Waals surface area contributed by atoms with Gasteiger partial charge in [0.15, 0.2) is 10.9 Å². The van der Waals surface area contributed by atoms with E-state index < -0.39 is 0 Å². The molecule has 6 heteroatoms. The SMILES string of the molecule is Cn1c(SCc2cc(-c3ccccc3)on2)nc2cc3ccccc3cc2c1=O. The Morgan fingerprint density at radius 3 is 2.48 bits per heavy atom. The maximum absolute atomic E-state index is 12.9. The molecule has 0 saturated carbocycles. The van der Waals surface area contributed by atoms with Crippen LogP contribution in [0.2, 0.25) is 0 Å². The number of fused-ring (bicyclic) bond motifs is 2. The molecule has 0 amide bonds. The highest BCUT2D eigenvalue weighted by Crippen LogP contribution is 2.26. The molecule has 0 saturated heterocycles. The van der Waals surface area contributed by atoms with Gasteiger partial charge < -0.3 is 4.52 Å². The van der Waals surface area contributed by atoms with Crippen molar-refractivity contribution in [1.82, 2.24) is 14.7 Å². The number of benzene rings is 3. The molecule has 2 aromatic heterocycles. The van der Waals surface area contributed by atoms with Crippen molar-refractivity contribution in [2.24, 2.45) is 7.05 Å². The minimum absolute atomic E-state index is 0.0478. The number of hydrogen-bond donors (Lipinski definition) is 0. The Bertz CT molecular complexity index is 1390. The van der Waals surface area contributed by atoms with Gasteiger partial charge in [0, 0.05) is 24.4 Å². The van der Waals surface area contributed by atoms with E-state index in [2.05, 4.69) is 5.16 Å². The van der Waals surface area contributed by atoms with E-state index >= 15 is 0 Å². The summed E-state index contributed by atoms with van der Waals surface area (Å²) in [5.41, 5.74) is 2.45. The van der Waals surface area contributed by atoms with Crippen molar-refractivity contribution in [3.63, 3.8) is 0 Å². The monoisotopic (exact) mass is 399 g/mol. The first-order valence-corrected chi connectivity index (χ1v) is 10.2. The van der Waals surface area contributed by atoms with Crippen LogP contribution in [0.4, 0.5) is 0 Å². The number of rotatable bonds is 4. The second-order valence-corrected chi connectivity index (χ2v) is 7.75. The average molecular weight is 399 g/mol. The third-order valence-corrected chi connectivity index (χ3v) is 5.93. The minimum atomic E-state index is -0.0478. The maximum Gasteiger partial charge on any atom is 0.261 e. The summed E-state index contributed by atoms with van der Waals surface area (Å²) < 4.78 is 7.06. The third kappa shape index (κ3) is 3.32. The minimum Gasteiger partial charge on any atom is -0.356 e. The molecular weight excluding hydrogens is 382 g/mol. The first-order valence-electron chi connectivity index (χ1n) is 9.22. The van der Waals surface area contributed by atoms with Crippen LogP contribution in [0.5, 0.6) is 0 Å². The van der Waals surface area contributed by atoms with E-state index in [-0.39, 0.29) is 5.56 Å². The fourth-order valence-electron chi connectivity index (χ4n) is 3.32. The molecule has 0 aliphatic heterocycles. The summed E-state index contributed by atoms with van der Waals surface area (Å²) >= 11 is 1.47. The largest absolute Gasteiger partial charge is 0.356 e. The smallest absolute Gasteiger partial charge is 0.261 e. The first kappa shape index (κ1) is 17.7. The Balaban J connectivity index is 1.46. The summed E-state index contributed by atoms with van der Waals surface area (Å²) in [7, 11) is 1.75. The van der Waals surface area contributed by atoms with Gasteiger partial charge in [-0.05, 0) is 22.9 Å². The fourth-order valence-corrected chi connectivity index (χ4v) is 4.18. The predicted octanol–water partition coefficient (Wildman–Crippen LogP) is 5.03. The Hall–Kier alpha value is -3.38. The lowest BCUT2D eigenvalue weighted by Crippen LogP contribution is -2.20. The average Bonchev–Trinajstić information content (AvgIpc) is 3.24. The summed E-state index contributed by atoms with van der Waals surface area (Å²) in [6, 6.07) is 23.7. The highest BCUT2D eigenvalue weighted by Gasteiger charge is 2.12. The molecule has 0 bridgehead atoms. The van der Waals surface area contributed by atoms with E-state index in [1.165, 1.54) is 11.8 Å². The van der Waals surface area contributed by atoms with Crippen LogP contribution in [0, 0.1) is 0 Å². The zero-order chi connectivity index (χ0) is 19.8. The number of aromatic nitrogens is 3. The summed E-state index contributed by atoms with van der Waals surface area (Å²) in [6.07, 6.45) is 0. The topological polar surface area (TPSA) is 60.9 Å². The number of nitrogens with zero attached hydrogens (tertiary/aromatic N) is 3. The van der Waals surface area contributed by atoms with Crippen LogP contribution in [0.15, 0.2) is 87.3 Å². The fraction of sp³-hybridized carbons (Fsp3) is 0.0870. The molecule has 0 aliphatic carbocycles. The highest BCUT2D eigenvalue weighted by molar-refractivity contribution is 7.98. The van der Waals surface area contributed by atoms with Crippen LogP contribution in [0.25, 0.3) is 33.0 Å². The van der Waals surface area contributed by atoms with Gasteiger partial charge in [-0.15, -0.1) is 0 Å². The molecule has 0 N–H and O–H groups in total. The van der Waals surface area contributed by atoms with E-state index in [0.29, 0.717) is 21.8 Å². The summed E-state index contributed by atoms with van der Waals surface area (Å²) in [4.78, 5) is 17.6. The predicted molar refractivity (Wildman–Crippen MR) is 116 cm³/mol. The van der Waals surface area contributed by atoms with Gasteiger partial charge in [0.25, 0.3) is 5.56 Å². The van der Waals surface area contributed by atoms with Gasteiger partial charge in [0.05, 0.1) is 16.6 Å². The molecule has 2 heterocycles. The van der Waals surface area contributed by atoms with Gasteiger partial charge in [-0.3, -0.25) is 9.36 Å². The van der Waals surface area contributed by atoms with Crippen LogP contribution in [-0.2, 0) is 12.8 Å². The second kappa shape index (κ2) is 7.22. The van der Waals surface area contributed by atoms with E-state index in [9.17, 15) is 4.79 Å². The summed E-state index contributed by atoms with van der Waals surface area (Å²) in [5.74, 6) is 1.29. The van der Waals surface area contributed by atoms with E-state index in [1.807, 2.05) is 72.8 Å². The zero-order valence-electron chi connectivity index (χ0n) is 15.7. The number of thioether (sulfide) groups is 1. The highest BCUT2D eigenvalue weighted by atomic mass is 32.2. The molecule has 142 valence electrons. The van der Waals surface area contributed by atoms with Crippen molar-refractivity contribution < 1.29 is 4.52 Å². The molecule has 3 aromatic carbocycles. The molecule has 5 rings (SSSR count). The van der Waals surface area contributed by atoms with Gasteiger partial charge in [-0.2, -0.15) is 0 Å². The molecule has 0 radical (unpaired) electrons. The van der Waals surface area contributed by atoms with Gasteiger partial charge in [0.2, 0.25) is 0 Å². The molecule has 0 spiro atoms. The van der Waals surface area contributed by atoms with Crippen LogP contribution in [0.3, 0.4) is 0 Å². The summed E-state index contributed by atoms with van der Waals surface area (Å²) in [6.45, 7) is 0. The van der Waals surface area contributed by atoms with Crippen molar-refractivity contribution in [2.75, 3.05) is 0 Å². The molecule has 29 heavy (non-hydrogen) atoms. The molecular formula is C23H17N3O2S. The molecule has 0 atom stereocenters. The van der Waals surface area contributed by atoms with Gasteiger partial charge in [0.1, 0.15) is 0 Å². The lowest BCUT2D eigenvalue weighted by atomic mass is 10.1. The van der Waals surface area contributed by atoms with Crippen LogP contribution < -0.4 is 5.56 Å². The quantitative estimate of drug-likeness (QED) is 0.241. The maximum atomic E-state index is 12.9. The molecule has 0 fully saturated rings. The lowest BCUT2D eigenvalue weighted by Gasteiger charge is -2.09. The molecule has 5 nitrogen and oxygen atoms in total. The third-order valence-electron chi connectivity index (χ3n) is 4.87. The first-order chi connectivity index (χ1) is 14.2. The second-order valence-electron chi connectivity index (χ2n) is 6.81. The van der Waals surface area contributed by atoms with E-state index in [1.54, 1.807) is 11.6 Å². The Morgan fingerprint density at radius 2 is 1.69 bits per heavy atom. The van der Waals surface area contributed by atoms with Crippen molar-refractivity contribution >= 4 is 33.4 Å². The van der Waals surface area contributed by atoms with Crippen molar-refractivity contribution in [2.45, 2.75) is 10.9 Å². The molecule has 5 aromatic rings.